The Morgan fingerprint density at radius 2 is 2.36 bits per heavy atom. The van der Waals surface area contributed by atoms with E-state index in [0.29, 0.717) is 5.92 Å². The molecule has 1 aromatic carbocycles. The van der Waals surface area contributed by atoms with Crippen LogP contribution in [0.4, 0.5) is 0 Å². The van der Waals surface area contributed by atoms with Crippen LogP contribution in [0.5, 0.6) is 5.75 Å². The molecule has 7 nitrogen and oxygen atoms in total. The number of methoxy groups -OCH3 is 1. The van der Waals surface area contributed by atoms with Gasteiger partial charge in [0, 0.05) is 30.6 Å². The summed E-state index contributed by atoms with van der Waals surface area (Å²) < 4.78 is 7.47. The van der Waals surface area contributed by atoms with Crippen LogP contribution in [-0.4, -0.2) is 38.6 Å². The van der Waals surface area contributed by atoms with E-state index in [0.717, 1.165) is 60.9 Å². The van der Waals surface area contributed by atoms with Gasteiger partial charge < -0.3 is 14.6 Å². The fourth-order valence-electron chi connectivity index (χ4n) is 3.38. The molecule has 1 aliphatic rings. The van der Waals surface area contributed by atoms with Crippen molar-refractivity contribution >= 4 is 0 Å². The second-order valence-electron chi connectivity index (χ2n) is 6.44. The topological polar surface area (TPSA) is 80.7 Å². The quantitative estimate of drug-likeness (QED) is 0.719. The van der Waals surface area contributed by atoms with E-state index >= 15 is 0 Å². The van der Waals surface area contributed by atoms with E-state index in [2.05, 4.69) is 36.3 Å². The lowest BCUT2D eigenvalue weighted by molar-refractivity contribution is 0.347. The first kappa shape index (κ1) is 15.8. The summed E-state index contributed by atoms with van der Waals surface area (Å²) in [6.45, 7) is 2.75. The largest absolute Gasteiger partial charge is 0.497 e. The highest BCUT2D eigenvalue weighted by Gasteiger charge is 2.19. The van der Waals surface area contributed by atoms with Crippen molar-refractivity contribution in [1.29, 1.82) is 0 Å². The van der Waals surface area contributed by atoms with Crippen LogP contribution in [0.15, 0.2) is 36.8 Å². The smallest absolute Gasteiger partial charge is 0.132 e. The number of nitrogens with zero attached hydrogens (tertiary/aromatic N) is 4. The maximum atomic E-state index is 5.31. The molecule has 3 heterocycles. The van der Waals surface area contributed by atoms with Crippen molar-refractivity contribution in [2.75, 3.05) is 13.7 Å². The highest BCUT2D eigenvalue weighted by molar-refractivity contribution is 5.64. The highest BCUT2D eigenvalue weighted by Crippen LogP contribution is 2.25. The second-order valence-corrected chi connectivity index (χ2v) is 6.44. The van der Waals surface area contributed by atoms with Crippen molar-refractivity contribution < 1.29 is 4.74 Å². The van der Waals surface area contributed by atoms with Crippen molar-refractivity contribution in [2.45, 2.75) is 25.9 Å². The van der Waals surface area contributed by atoms with Crippen molar-refractivity contribution in [3.05, 3.63) is 48.2 Å². The third kappa shape index (κ3) is 3.41. The van der Waals surface area contributed by atoms with E-state index in [9.17, 15) is 0 Å². The molecule has 0 saturated carbocycles. The van der Waals surface area contributed by atoms with Gasteiger partial charge in [0.25, 0.3) is 0 Å². The summed E-state index contributed by atoms with van der Waals surface area (Å²) in [5, 5.41) is 19.0. The summed E-state index contributed by atoms with van der Waals surface area (Å²) in [6, 6.07) is 8.02. The van der Waals surface area contributed by atoms with Crippen molar-refractivity contribution in [2.24, 2.45) is 5.92 Å². The zero-order valence-electron chi connectivity index (χ0n) is 14.3. The van der Waals surface area contributed by atoms with Crippen molar-refractivity contribution in [3.63, 3.8) is 0 Å². The van der Waals surface area contributed by atoms with E-state index < -0.39 is 0 Å². The highest BCUT2D eigenvalue weighted by atomic mass is 16.5. The Bertz CT molecular complexity index is 839. The van der Waals surface area contributed by atoms with E-state index in [-0.39, 0.29) is 0 Å². The molecule has 2 N–H and O–H groups in total. The van der Waals surface area contributed by atoms with Crippen LogP contribution in [0.3, 0.4) is 0 Å². The number of aryl methyl sites for hydroxylation is 1. The number of aromatic nitrogens is 5. The Kier molecular flexibility index (Phi) is 4.47. The molecule has 1 aliphatic heterocycles. The minimum absolute atomic E-state index is 0.607. The molecule has 0 aliphatic carbocycles. The predicted molar refractivity (Wildman–Crippen MR) is 94.1 cm³/mol. The van der Waals surface area contributed by atoms with Crippen LogP contribution < -0.4 is 10.1 Å². The molecule has 2 aromatic heterocycles. The van der Waals surface area contributed by atoms with Crippen LogP contribution in [0.1, 0.15) is 17.8 Å². The molecule has 7 heteroatoms. The van der Waals surface area contributed by atoms with Gasteiger partial charge in [-0.2, -0.15) is 5.10 Å². The Labute approximate surface area is 146 Å². The normalized spacial score (nSPS) is 16.6. The number of aromatic amines is 1. The third-order valence-corrected chi connectivity index (χ3v) is 4.75. The summed E-state index contributed by atoms with van der Waals surface area (Å²) in [7, 11) is 1.68. The first-order chi connectivity index (χ1) is 12.3. The lowest BCUT2D eigenvalue weighted by Crippen LogP contribution is -2.29. The standard InChI is InChI=1S/C18H22N6O/c1-25-16-4-2-3-14(7-16)18-15(10-20-23-18)9-19-8-13-5-6-17-22-21-12-24(17)11-13/h2-4,7,10,12-13,19H,5-6,8-9,11H2,1H3,(H,20,23). The number of hydrogen-bond donors (Lipinski definition) is 2. The number of rotatable bonds is 6. The van der Waals surface area contributed by atoms with Crippen LogP contribution in [0.2, 0.25) is 0 Å². The molecule has 25 heavy (non-hydrogen) atoms. The van der Waals surface area contributed by atoms with Crippen LogP contribution in [0.25, 0.3) is 11.3 Å². The fraction of sp³-hybridized carbons (Fsp3) is 0.389. The monoisotopic (exact) mass is 338 g/mol. The van der Waals surface area contributed by atoms with Gasteiger partial charge in [0.05, 0.1) is 19.0 Å². The van der Waals surface area contributed by atoms with E-state index in [4.69, 9.17) is 4.74 Å². The molecule has 0 radical (unpaired) electrons. The van der Waals surface area contributed by atoms with Gasteiger partial charge in [-0.3, -0.25) is 5.10 Å². The zero-order chi connectivity index (χ0) is 17.1. The lowest BCUT2D eigenvalue weighted by Gasteiger charge is -2.23. The predicted octanol–water partition coefficient (Wildman–Crippen LogP) is 2.03. The maximum Gasteiger partial charge on any atom is 0.132 e. The fourth-order valence-corrected chi connectivity index (χ4v) is 3.38. The first-order valence-electron chi connectivity index (χ1n) is 8.57. The Balaban J connectivity index is 1.37. The number of fused-ring (bicyclic) bond motifs is 1. The molecule has 0 spiro atoms. The average Bonchev–Trinajstić information content (AvgIpc) is 3.30. The van der Waals surface area contributed by atoms with Gasteiger partial charge in [0.15, 0.2) is 0 Å². The Morgan fingerprint density at radius 1 is 1.40 bits per heavy atom. The molecule has 0 fully saturated rings. The van der Waals surface area contributed by atoms with Gasteiger partial charge >= 0.3 is 0 Å². The molecule has 130 valence electrons. The number of H-pyrrole nitrogens is 1. The van der Waals surface area contributed by atoms with Crippen LogP contribution >= 0.6 is 0 Å². The molecule has 0 bridgehead atoms. The molecule has 1 atom stereocenters. The van der Waals surface area contributed by atoms with Gasteiger partial charge in [-0.25, -0.2) is 0 Å². The summed E-state index contributed by atoms with van der Waals surface area (Å²) in [6.07, 6.45) is 5.88. The molecule has 1 unspecified atom stereocenters. The second kappa shape index (κ2) is 7.06. The summed E-state index contributed by atoms with van der Waals surface area (Å²) in [4.78, 5) is 0. The Hall–Kier alpha value is -2.67. The Morgan fingerprint density at radius 3 is 3.28 bits per heavy atom. The summed E-state index contributed by atoms with van der Waals surface area (Å²) >= 11 is 0. The van der Waals surface area contributed by atoms with Gasteiger partial charge in [-0.15, -0.1) is 10.2 Å². The molecule has 0 saturated heterocycles. The van der Waals surface area contributed by atoms with E-state index in [1.807, 2.05) is 30.7 Å². The molecule has 3 aromatic rings. The average molecular weight is 338 g/mol. The summed E-state index contributed by atoms with van der Waals surface area (Å²) in [5.41, 5.74) is 3.28. The first-order valence-corrected chi connectivity index (χ1v) is 8.57. The SMILES string of the molecule is COc1cccc(-c2[nH]ncc2CNCC2CCc3nncn3C2)c1. The van der Waals surface area contributed by atoms with Gasteiger partial charge in [-0.1, -0.05) is 12.1 Å². The van der Waals surface area contributed by atoms with Gasteiger partial charge in [0.2, 0.25) is 0 Å². The van der Waals surface area contributed by atoms with Crippen molar-refractivity contribution in [1.82, 2.24) is 30.3 Å². The van der Waals surface area contributed by atoms with Crippen molar-refractivity contribution in [3.8, 4) is 17.0 Å². The van der Waals surface area contributed by atoms with E-state index in [1.54, 1.807) is 7.11 Å². The molecular formula is C18H22N6O. The minimum atomic E-state index is 0.607. The minimum Gasteiger partial charge on any atom is -0.497 e. The molecule has 0 amide bonds. The number of benzene rings is 1. The maximum absolute atomic E-state index is 5.31. The van der Waals surface area contributed by atoms with Gasteiger partial charge in [-0.05, 0) is 31.0 Å². The molecular weight excluding hydrogens is 316 g/mol. The number of hydrogen-bond acceptors (Lipinski definition) is 5. The van der Waals surface area contributed by atoms with Crippen LogP contribution in [0, 0.1) is 5.92 Å². The van der Waals surface area contributed by atoms with E-state index in [1.165, 1.54) is 0 Å². The zero-order valence-corrected chi connectivity index (χ0v) is 14.3. The lowest BCUT2D eigenvalue weighted by atomic mass is 9.99. The summed E-state index contributed by atoms with van der Waals surface area (Å²) in [5.74, 6) is 2.56. The van der Waals surface area contributed by atoms with Gasteiger partial charge in [0.1, 0.15) is 17.9 Å². The number of ether oxygens (including phenoxy) is 1. The molecule has 4 rings (SSSR count). The van der Waals surface area contributed by atoms with Crippen LogP contribution in [-0.2, 0) is 19.5 Å². The number of nitrogens with one attached hydrogen (secondary N) is 2. The third-order valence-electron chi connectivity index (χ3n) is 4.75.